The normalized spacial score (nSPS) is 12.6. The molecule has 0 bridgehead atoms. The van der Waals surface area contributed by atoms with Gasteiger partial charge in [-0.15, -0.1) is 0 Å². The van der Waals surface area contributed by atoms with Crippen molar-refractivity contribution in [1.29, 1.82) is 0 Å². The molecule has 2 rings (SSSR count). The largest absolute Gasteiger partial charge is 0.456 e. The van der Waals surface area contributed by atoms with Crippen molar-refractivity contribution in [2.75, 3.05) is 6.61 Å². The molecule has 0 aliphatic carbocycles. The van der Waals surface area contributed by atoms with Crippen LogP contribution in [0.5, 0.6) is 0 Å². The van der Waals surface area contributed by atoms with Gasteiger partial charge in [0, 0.05) is 11.6 Å². The number of ether oxygens (including phenoxy) is 1. The molecule has 2 atom stereocenters. The van der Waals surface area contributed by atoms with E-state index in [-0.39, 0.29) is 30.9 Å². The number of benzene rings is 2. The summed E-state index contributed by atoms with van der Waals surface area (Å²) in [7, 11) is 0. The molecule has 6 heteroatoms. The smallest absolute Gasteiger partial charge is 0.308 e. The molecule has 0 radical (unpaired) electrons. The predicted octanol–water partition coefficient (Wildman–Crippen LogP) is 3.23. The molecular weight excluding hydrogens is 368 g/mol. The zero-order valence-corrected chi connectivity index (χ0v) is 17.3. The summed E-state index contributed by atoms with van der Waals surface area (Å²) >= 11 is 0. The average Bonchev–Trinajstić information content (AvgIpc) is 2.69. The lowest BCUT2D eigenvalue weighted by Gasteiger charge is -2.16. The van der Waals surface area contributed by atoms with Crippen molar-refractivity contribution in [1.82, 2.24) is 10.6 Å². The van der Waals surface area contributed by atoms with Gasteiger partial charge >= 0.3 is 5.97 Å². The van der Waals surface area contributed by atoms with Gasteiger partial charge in [0.2, 0.25) is 0 Å². The number of hydrogen-bond acceptors (Lipinski definition) is 4. The minimum absolute atomic E-state index is 0.0153. The van der Waals surface area contributed by atoms with Gasteiger partial charge in [-0.3, -0.25) is 14.4 Å². The summed E-state index contributed by atoms with van der Waals surface area (Å²) in [5.74, 6) is -1.17. The van der Waals surface area contributed by atoms with E-state index in [2.05, 4.69) is 10.6 Å². The van der Waals surface area contributed by atoms with Crippen LogP contribution in [0.4, 0.5) is 0 Å². The Bertz CT molecular complexity index is 864. The average molecular weight is 396 g/mol. The summed E-state index contributed by atoms with van der Waals surface area (Å²) in [6.45, 7) is 7.29. The molecule has 0 heterocycles. The maximum Gasteiger partial charge on any atom is 0.308 e. The molecular formula is C23H28N2O4. The van der Waals surface area contributed by atoms with E-state index in [0.29, 0.717) is 5.56 Å². The van der Waals surface area contributed by atoms with Gasteiger partial charge in [-0.05, 0) is 56.5 Å². The Morgan fingerprint density at radius 3 is 2.28 bits per heavy atom. The lowest BCUT2D eigenvalue weighted by atomic mass is 10.0. The minimum Gasteiger partial charge on any atom is -0.456 e. The summed E-state index contributed by atoms with van der Waals surface area (Å²) in [5, 5.41) is 5.56. The van der Waals surface area contributed by atoms with Crippen LogP contribution >= 0.6 is 0 Å². The number of carbonyl (C=O) groups excluding carboxylic acids is 3. The highest BCUT2D eigenvalue weighted by Gasteiger charge is 2.16. The van der Waals surface area contributed by atoms with Gasteiger partial charge in [-0.25, -0.2) is 0 Å². The summed E-state index contributed by atoms with van der Waals surface area (Å²) in [4.78, 5) is 36.1. The maximum absolute atomic E-state index is 12.1. The number of esters is 1. The van der Waals surface area contributed by atoms with Crippen molar-refractivity contribution < 1.29 is 19.1 Å². The molecule has 0 saturated carbocycles. The fraction of sp³-hybridized carbons (Fsp3) is 0.348. The van der Waals surface area contributed by atoms with Gasteiger partial charge in [-0.1, -0.05) is 36.4 Å². The third-order valence-corrected chi connectivity index (χ3v) is 4.66. The lowest BCUT2D eigenvalue weighted by molar-refractivity contribution is -0.149. The van der Waals surface area contributed by atoms with Gasteiger partial charge in [0.25, 0.3) is 11.8 Å². The van der Waals surface area contributed by atoms with Crippen LogP contribution in [0.1, 0.15) is 53.4 Å². The number of hydrogen-bond donors (Lipinski definition) is 2. The first-order valence-corrected chi connectivity index (χ1v) is 9.64. The number of aryl methyl sites for hydroxylation is 2. The summed E-state index contributed by atoms with van der Waals surface area (Å²) in [6, 6.07) is 14.2. The van der Waals surface area contributed by atoms with Crippen LogP contribution in [0.2, 0.25) is 0 Å². The van der Waals surface area contributed by atoms with Crippen LogP contribution in [0.15, 0.2) is 48.5 Å². The van der Waals surface area contributed by atoms with E-state index in [1.165, 1.54) is 5.56 Å². The maximum atomic E-state index is 12.1. The molecule has 0 spiro atoms. The van der Waals surface area contributed by atoms with Crippen LogP contribution in [-0.4, -0.2) is 30.4 Å². The molecule has 2 N–H and O–H groups in total. The highest BCUT2D eigenvalue weighted by molar-refractivity contribution is 5.94. The quantitative estimate of drug-likeness (QED) is 0.671. The molecule has 154 valence electrons. The van der Waals surface area contributed by atoms with E-state index in [1.54, 1.807) is 31.2 Å². The van der Waals surface area contributed by atoms with Crippen LogP contribution in [0, 0.1) is 13.8 Å². The second-order valence-electron chi connectivity index (χ2n) is 7.24. The summed E-state index contributed by atoms with van der Waals surface area (Å²) in [6.07, 6.45) is -0.0153. The second-order valence-corrected chi connectivity index (χ2v) is 7.24. The molecule has 0 fully saturated rings. The number of nitrogens with one attached hydrogen (secondary N) is 2. The molecule has 2 aromatic carbocycles. The SMILES string of the molecule is Cc1ccc(C(C)NC(=O)COC(=O)CC(C)NC(=O)c2ccccc2)cc1C. The standard InChI is InChI=1S/C23H28N2O4/c1-15-10-11-20(12-16(15)2)18(4)25-21(26)14-29-22(27)13-17(3)24-23(28)19-8-6-5-7-9-19/h5-12,17-18H,13-14H2,1-4H3,(H,24,28)(H,25,26). The van der Waals surface area contributed by atoms with Crippen LogP contribution < -0.4 is 10.6 Å². The highest BCUT2D eigenvalue weighted by Crippen LogP contribution is 2.16. The first-order chi connectivity index (χ1) is 13.8. The number of amides is 2. The molecule has 0 aromatic heterocycles. The third kappa shape index (κ3) is 7.07. The van der Waals surface area contributed by atoms with E-state index in [0.717, 1.165) is 11.1 Å². The van der Waals surface area contributed by atoms with Crippen molar-refractivity contribution in [2.24, 2.45) is 0 Å². The second kappa shape index (κ2) is 10.4. The summed E-state index contributed by atoms with van der Waals surface area (Å²) in [5.41, 5.74) is 3.86. The molecule has 0 saturated heterocycles. The zero-order valence-electron chi connectivity index (χ0n) is 17.3. The Kier molecular flexibility index (Phi) is 7.95. The third-order valence-electron chi connectivity index (χ3n) is 4.66. The Balaban J connectivity index is 1.74. The van der Waals surface area contributed by atoms with E-state index in [9.17, 15) is 14.4 Å². The van der Waals surface area contributed by atoms with Crippen molar-refractivity contribution in [2.45, 2.75) is 46.2 Å². The van der Waals surface area contributed by atoms with Gasteiger partial charge in [0.1, 0.15) is 0 Å². The molecule has 2 amide bonds. The van der Waals surface area contributed by atoms with Gasteiger partial charge < -0.3 is 15.4 Å². The van der Waals surface area contributed by atoms with Crippen molar-refractivity contribution in [3.05, 3.63) is 70.8 Å². The summed E-state index contributed by atoms with van der Waals surface area (Å²) < 4.78 is 5.04. The van der Waals surface area contributed by atoms with E-state index < -0.39 is 12.0 Å². The monoisotopic (exact) mass is 396 g/mol. The number of rotatable bonds is 8. The van der Waals surface area contributed by atoms with Crippen LogP contribution in [-0.2, 0) is 14.3 Å². The molecule has 29 heavy (non-hydrogen) atoms. The molecule has 0 aliphatic rings. The first kappa shape index (κ1) is 22.1. The Morgan fingerprint density at radius 2 is 1.62 bits per heavy atom. The van der Waals surface area contributed by atoms with Gasteiger partial charge in [0.05, 0.1) is 12.5 Å². The minimum atomic E-state index is -0.542. The van der Waals surface area contributed by atoms with Crippen molar-refractivity contribution in [3.8, 4) is 0 Å². The Morgan fingerprint density at radius 1 is 0.931 bits per heavy atom. The van der Waals surface area contributed by atoms with Gasteiger partial charge in [0.15, 0.2) is 6.61 Å². The fourth-order valence-electron chi connectivity index (χ4n) is 2.80. The predicted molar refractivity (Wildman–Crippen MR) is 111 cm³/mol. The van der Waals surface area contributed by atoms with E-state index >= 15 is 0 Å². The van der Waals surface area contributed by atoms with E-state index in [4.69, 9.17) is 4.74 Å². The van der Waals surface area contributed by atoms with E-state index in [1.807, 2.05) is 45.0 Å². The Labute approximate surface area is 171 Å². The lowest BCUT2D eigenvalue weighted by Crippen LogP contribution is -2.36. The van der Waals surface area contributed by atoms with Crippen molar-refractivity contribution >= 4 is 17.8 Å². The zero-order chi connectivity index (χ0) is 21.4. The Hall–Kier alpha value is -3.15. The molecule has 0 aliphatic heterocycles. The fourth-order valence-corrected chi connectivity index (χ4v) is 2.80. The molecule has 2 unspecified atom stereocenters. The van der Waals surface area contributed by atoms with Crippen molar-refractivity contribution in [3.63, 3.8) is 0 Å². The topological polar surface area (TPSA) is 84.5 Å². The molecule has 2 aromatic rings. The van der Waals surface area contributed by atoms with Gasteiger partial charge in [-0.2, -0.15) is 0 Å². The highest BCUT2D eigenvalue weighted by atomic mass is 16.5. The van der Waals surface area contributed by atoms with Crippen LogP contribution in [0.3, 0.4) is 0 Å². The molecule has 6 nitrogen and oxygen atoms in total. The number of carbonyl (C=O) groups is 3. The van der Waals surface area contributed by atoms with Crippen LogP contribution in [0.25, 0.3) is 0 Å². The first-order valence-electron chi connectivity index (χ1n) is 9.64.